The summed E-state index contributed by atoms with van der Waals surface area (Å²) in [4.78, 5) is 0. The van der Waals surface area contributed by atoms with Gasteiger partial charge in [-0.15, -0.1) is 22.0 Å². The van der Waals surface area contributed by atoms with E-state index in [0.717, 1.165) is 39.5 Å². The molecule has 0 fully saturated rings. The summed E-state index contributed by atoms with van der Waals surface area (Å²) in [6, 6.07) is 13.5. The summed E-state index contributed by atoms with van der Waals surface area (Å²) in [5.41, 5.74) is 2.01. The van der Waals surface area contributed by atoms with Crippen LogP contribution in [-0.4, -0.2) is 39.4 Å². The third kappa shape index (κ3) is 4.51. The molecule has 0 N–H and O–H groups in total. The van der Waals surface area contributed by atoms with Crippen molar-refractivity contribution in [3.8, 4) is 17.3 Å². The molecule has 0 aliphatic carbocycles. The highest BCUT2D eigenvalue weighted by Crippen LogP contribution is 2.19. The topological polar surface area (TPSA) is 62.1 Å². The van der Waals surface area contributed by atoms with Crippen LogP contribution in [0, 0.1) is 13.8 Å². The molecule has 0 unspecified atom stereocenters. The van der Waals surface area contributed by atoms with Crippen LogP contribution in [0.5, 0.6) is 11.5 Å². The highest BCUT2D eigenvalue weighted by atomic mass is 32.2. The van der Waals surface area contributed by atoms with Crippen LogP contribution in [0.15, 0.2) is 47.5 Å². The number of methoxy groups -OCH3 is 1. The summed E-state index contributed by atoms with van der Waals surface area (Å²) in [5, 5.41) is 13.8. The van der Waals surface area contributed by atoms with Gasteiger partial charge in [0.15, 0.2) is 5.82 Å². The van der Waals surface area contributed by atoms with Gasteiger partial charge in [0.25, 0.3) is 0 Å². The Hall–Kier alpha value is -2.54. The Morgan fingerprint density at radius 2 is 1.76 bits per heavy atom. The van der Waals surface area contributed by atoms with Gasteiger partial charge in [0.05, 0.1) is 19.4 Å². The SMILES string of the molecule is COc1ccc(OCCSc2ccc(-n3nc(C)cc3C)nn2)cc1. The molecule has 0 bridgehead atoms. The van der Waals surface area contributed by atoms with Crippen molar-refractivity contribution >= 4 is 11.8 Å². The molecule has 0 saturated heterocycles. The average molecular weight is 356 g/mol. The largest absolute Gasteiger partial charge is 0.497 e. The zero-order valence-corrected chi connectivity index (χ0v) is 15.3. The number of benzene rings is 1. The fraction of sp³-hybridized carbons (Fsp3) is 0.278. The fourth-order valence-electron chi connectivity index (χ4n) is 2.34. The second-order valence-corrected chi connectivity index (χ2v) is 6.56. The first-order valence-corrected chi connectivity index (χ1v) is 8.91. The maximum Gasteiger partial charge on any atom is 0.175 e. The molecule has 25 heavy (non-hydrogen) atoms. The minimum absolute atomic E-state index is 0.595. The Morgan fingerprint density at radius 3 is 2.36 bits per heavy atom. The average Bonchev–Trinajstić information content (AvgIpc) is 2.98. The number of aryl methyl sites for hydroxylation is 2. The maximum absolute atomic E-state index is 5.70. The Labute approximate surface area is 151 Å². The number of rotatable bonds is 7. The van der Waals surface area contributed by atoms with Crippen molar-refractivity contribution in [1.82, 2.24) is 20.0 Å². The highest BCUT2D eigenvalue weighted by Gasteiger charge is 2.06. The third-order valence-corrected chi connectivity index (χ3v) is 4.40. The lowest BCUT2D eigenvalue weighted by molar-refractivity contribution is 0.342. The number of hydrogen-bond donors (Lipinski definition) is 0. The highest BCUT2D eigenvalue weighted by molar-refractivity contribution is 7.99. The molecule has 0 atom stereocenters. The second kappa shape index (κ2) is 8.02. The molecule has 6 nitrogen and oxygen atoms in total. The van der Waals surface area contributed by atoms with Gasteiger partial charge < -0.3 is 9.47 Å². The molecule has 0 amide bonds. The van der Waals surface area contributed by atoms with Gasteiger partial charge in [0.2, 0.25) is 0 Å². The number of aromatic nitrogens is 4. The fourth-order valence-corrected chi connectivity index (χ4v) is 2.98. The zero-order valence-electron chi connectivity index (χ0n) is 14.5. The second-order valence-electron chi connectivity index (χ2n) is 5.44. The molecule has 3 aromatic rings. The lowest BCUT2D eigenvalue weighted by Gasteiger charge is -2.07. The van der Waals surface area contributed by atoms with E-state index in [1.807, 2.05) is 56.3 Å². The Balaban J connectivity index is 1.49. The van der Waals surface area contributed by atoms with Crippen LogP contribution in [0.1, 0.15) is 11.4 Å². The maximum atomic E-state index is 5.70. The van der Waals surface area contributed by atoms with Crippen molar-refractivity contribution in [2.45, 2.75) is 18.9 Å². The molecule has 130 valence electrons. The standard InChI is InChI=1S/C18H20N4O2S/c1-13-12-14(2)22(21-13)17-8-9-18(20-19-17)25-11-10-24-16-6-4-15(23-3)5-7-16/h4-9,12H,10-11H2,1-3H3. The molecular formula is C18H20N4O2S. The van der Waals surface area contributed by atoms with Crippen LogP contribution in [0.3, 0.4) is 0 Å². The third-order valence-electron chi connectivity index (χ3n) is 3.51. The molecule has 2 heterocycles. The Bertz CT molecular complexity index is 816. The monoisotopic (exact) mass is 356 g/mol. The van der Waals surface area contributed by atoms with Crippen molar-refractivity contribution in [1.29, 1.82) is 0 Å². The van der Waals surface area contributed by atoms with Crippen molar-refractivity contribution in [2.75, 3.05) is 19.5 Å². The van der Waals surface area contributed by atoms with E-state index in [-0.39, 0.29) is 0 Å². The molecule has 2 aromatic heterocycles. The summed E-state index contributed by atoms with van der Waals surface area (Å²) < 4.78 is 12.6. The van der Waals surface area contributed by atoms with Crippen LogP contribution >= 0.6 is 11.8 Å². The zero-order chi connectivity index (χ0) is 17.6. The molecule has 0 saturated carbocycles. The molecule has 0 aliphatic heterocycles. The molecular weight excluding hydrogens is 336 g/mol. The number of hydrogen-bond acceptors (Lipinski definition) is 6. The molecule has 7 heteroatoms. The summed E-state index contributed by atoms with van der Waals surface area (Å²) in [5.74, 6) is 3.16. The van der Waals surface area contributed by atoms with E-state index in [9.17, 15) is 0 Å². The van der Waals surface area contributed by atoms with E-state index < -0.39 is 0 Å². The van der Waals surface area contributed by atoms with Crippen LogP contribution in [0.2, 0.25) is 0 Å². The van der Waals surface area contributed by atoms with E-state index >= 15 is 0 Å². The molecule has 1 aromatic carbocycles. The van der Waals surface area contributed by atoms with E-state index in [2.05, 4.69) is 15.3 Å². The van der Waals surface area contributed by atoms with Gasteiger partial charge in [0.1, 0.15) is 16.5 Å². The van der Waals surface area contributed by atoms with Crippen LogP contribution in [0.25, 0.3) is 5.82 Å². The first-order valence-electron chi connectivity index (χ1n) is 7.93. The van der Waals surface area contributed by atoms with Gasteiger partial charge in [-0.1, -0.05) is 0 Å². The number of ether oxygens (including phenoxy) is 2. The van der Waals surface area contributed by atoms with Gasteiger partial charge in [-0.2, -0.15) is 5.10 Å². The van der Waals surface area contributed by atoms with E-state index in [0.29, 0.717) is 6.61 Å². The predicted octanol–water partition coefficient (Wildman–Crippen LogP) is 3.46. The lowest BCUT2D eigenvalue weighted by atomic mass is 10.3. The van der Waals surface area contributed by atoms with E-state index in [4.69, 9.17) is 9.47 Å². The smallest absolute Gasteiger partial charge is 0.175 e. The molecule has 3 rings (SSSR count). The van der Waals surface area contributed by atoms with Gasteiger partial charge >= 0.3 is 0 Å². The first-order chi connectivity index (χ1) is 12.2. The van der Waals surface area contributed by atoms with Gasteiger partial charge in [0, 0.05) is 11.4 Å². The van der Waals surface area contributed by atoms with Gasteiger partial charge in [-0.05, 0) is 56.3 Å². The Morgan fingerprint density at radius 1 is 1.00 bits per heavy atom. The number of nitrogens with zero attached hydrogens (tertiary/aromatic N) is 4. The first kappa shape index (κ1) is 17.3. The molecule has 0 aliphatic rings. The van der Waals surface area contributed by atoms with Crippen molar-refractivity contribution in [3.63, 3.8) is 0 Å². The summed E-state index contributed by atoms with van der Waals surface area (Å²) in [7, 11) is 1.65. The Kier molecular flexibility index (Phi) is 5.55. The van der Waals surface area contributed by atoms with E-state index in [1.54, 1.807) is 23.6 Å². The van der Waals surface area contributed by atoms with E-state index in [1.165, 1.54) is 0 Å². The predicted molar refractivity (Wildman–Crippen MR) is 97.8 cm³/mol. The van der Waals surface area contributed by atoms with Crippen LogP contribution < -0.4 is 9.47 Å². The normalized spacial score (nSPS) is 10.7. The van der Waals surface area contributed by atoms with Crippen LogP contribution in [-0.2, 0) is 0 Å². The summed E-state index contributed by atoms with van der Waals surface area (Å²) >= 11 is 1.61. The number of thioether (sulfide) groups is 1. The quantitative estimate of drug-likeness (QED) is 0.477. The van der Waals surface area contributed by atoms with Crippen molar-refractivity contribution in [3.05, 3.63) is 53.9 Å². The minimum Gasteiger partial charge on any atom is -0.497 e. The molecule has 0 spiro atoms. The van der Waals surface area contributed by atoms with Crippen LogP contribution in [0.4, 0.5) is 0 Å². The van der Waals surface area contributed by atoms with Gasteiger partial charge in [-0.3, -0.25) is 0 Å². The summed E-state index contributed by atoms with van der Waals surface area (Å²) in [6.07, 6.45) is 0. The van der Waals surface area contributed by atoms with Gasteiger partial charge in [-0.25, -0.2) is 4.68 Å². The lowest BCUT2D eigenvalue weighted by Crippen LogP contribution is -2.04. The molecule has 0 radical (unpaired) electrons. The van der Waals surface area contributed by atoms with Crippen molar-refractivity contribution in [2.24, 2.45) is 0 Å². The summed E-state index contributed by atoms with van der Waals surface area (Å²) in [6.45, 7) is 4.56. The van der Waals surface area contributed by atoms with Crippen molar-refractivity contribution < 1.29 is 9.47 Å². The minimum atomic E-state index is 0.595.